The Morgan fingerprint density at radius 1 is 1.24 bits per heavy atom. The summed E-state index contributed by atoms with van der Waals surface area (Å²) in [6.07, 6.45) is 2.90. The molecular formula is C21H24FN3O4. The van der Waals surface area contributed by atoms with E-state index in [0.717, 1.165) is 18.4 Å². The number of halogens is 1. The molecule has 154 valence electrons. The number of rotatable bonds is 6. The number of nitrogens with one attached hydrogen (secondary N) is 1. The van der Waals surface area contributed by atoms with Crippen molar-refractivity contribution in [3.63, 3.8) is 0 Å². The number of aromatic nitrogens is 1. The quantitative estimate of drug-likeness (QED) is 0.773. The molecule has 1 atom stereocenters. The molecule has 1 saturated heterocycles. The van der Waals surface area contributed by atoms with Crippen LogP contribution in [0.1, 0.15) is 41.2 Å². The van der Waals surface area contributed by atoms with Crippen LogP contribution in [0.3, 0.4) is 0 Å². The first kappa shape index (κ1) is 20.6. The lowest BCUT2D eigenvalue weighted by molar-refractivity contribution is 0.0922. The number of methoxy groups -OCH3 is 1. The highest BCUT2D eigenvalue weighted by Crippen LogP contribution is 2.29. The van der Waals surface area contributed by atoms with Crippen molar-refractivity contribution in [2.75, 3.05) is 20.2 Å². The average Bonchev–Trinajstić information content (AvgIpc) is 2.74. The van der Waals surface area contributed by atoms with Gasteiger partial charge < -0.3 is 20.1 Å². The fraction of sp³-hybridized carbons (Fsp3) is 0.381. The van der Waals surface area contributed by atoms with E-state index >= 15 is 0 Å². The Bertz CT molecular complexity index is 834. The van der Waals surface area contributed by atoms with Gasteiger partial charge in [0.25, 0.3) is 5.91 Å². The van der Waals surface area contributed by atoms with Crippen molar-refractivity contribution >= 4 is 12.0 Å². The number of hydrogen-bond donors (Lipinski definition) is 2. The third-order valence-corrected chi connectivity index (χ3v) is 5.24. The topological polar surface area (TPSA) is 91.8 Å². The molecule has 8 heteroatoms. The lowest BCUT2D eigenvalue weighted by Gasteiger charge is -2.32. The number of nitrogens with zero attached hydrogens (tertiary/aromatic N) is 2. The van der Waals surface area contributed by atoms with E-state index in [-0.39, 0.29) is 17.9 Å². The number of carbonyl (C=O) groups excluding carboxylic acids is 1. The molecule has 2 amide bonds. The summed E-state index contributed by atoms with van der Waals surface area (Å²) in [5.41, 5.74) is 1.21. The molecule has 1 aliphatic heterocycles. The molecule has 0 spiro atoms. The molecule has 3 rings (SSSR count). The van der Waals surface area contributed by atoms with Crippen molar-refractivity contribution in [1.82, 2.24) is 15.2 Å². The van der Waals surface area contributed by atoms with Gasteiger partial charge in [-0.1, -0.05) is 6.07 Å². The van der Waals surface area contributed by atoms with Crippen LogP contribution >= 0.6 is 0 Å². The molecule has 1 aromatic carbocycles. The van der Waals surface area contributed by atoms with E-state index in [1.165, 1.54) is 36.3 Å². The summed E-state index contributed by atoms with van der Waals surface area (Å²) in [7, 11) is 1.53. The van der Waals surface area contributed by atoms with E-state index in [1.54, 1.807) is 12.3 Å². The smallest absolute Gasteiger partial charge is 0.407 e. The largest absolute Gasteiger partial charge is 0.481 e. The highest BCUT2D eigenvalue weighted by atomic mass is 19.1. The van der Waals surface area contributed by atoms with Crippen molar-refractivity contribution in [3.05, 3.63) is 59.5 Å². The van der Waals surface area contributed by atoms with Crippen LogP contribution in [-0.4, -0.2) is 47.2 Å². The van der Waals surface area contributed by atoms with Crippen molar-refractivity contribution in [1.29, 1.82) is 0 Å². The first-order valence-electron chi connectivity index (χ1n) is 9.50. The molecule has 0 aliphatic carbocycles. The Hall–Kier alpha value is -3.16. The normalized spacial score (nSPS) is 15.6. The summed E-state index contributed by atoms with van der Waals surface area (Å²) in [5, 5.41) is 12.1. The molecule has 1 aliphatic rings. The van der Waals surface area contributed by atoms with Crippen LogP contribution in [0.15, 0.2) is 42.6 Å². The Kier molecular flexibility index (Phi) is 6.64. The highest BCUT2D eigenvalue weighted by Gasteiger charge is 2.26. The number of ether oxygens (including phenoxy) is 1. The van der Waals surface area contributed by atoms with Gasteiger partial charge in [0, 0.05) is 30.9 Å². The fourth-order valence-corrected chi connectivity index (χ4v) is 3.53. The third-order valence-electron chi connectivity index (χ3n) is 5.24. The number of carboxylic acid groups (broad SMARTS) is 1. The van der Waals surface area contributed by atoms with Crippen molar-refractivity contribution < 1.29 is 23.8 Å². The maximum Gasteiger partial charge on any atom is 0.407 e. The zero-order valence-electron chi connectivity index (χ0n) is 16.2. The molecule has 0 bridgehead atoms. The first-order chi connectivity index (χ1) is 14.0. The van der Waals surface area contributed by atoms with Crippen molar-refractivity contribution in [2.45, 2.75) is 25.3 Å². The predicted molar refractivity (Wildman–Crippen MR) is 104 cm³/mol. The number of piperidine rings is 1. The number of likely N-dealkylation sites (tertiary alicyclic amines) is 1. The van der Waals surface area contributed by atoms with Gasteiger partial charge in [-0.25, -0.2) is 14.2 Å². The second-order valence-electron chi connectivity index (χ2n) is 7.12. The Balaban J connectivity index is 1.73. The molecule has 2 aromatic rings. The van der Waals surface area contributed by atoms with E-state index in [2.05, 4.69) is 10.3 Å². The average molecular weight is 401 g/mol. The van der Waals surface area contributed by atoms with Crippen molar-refractivity contribution in [2.24, 2.45) is 5.92 Å². The minimum Gasteiger partial charge on any atom is -0.481 e. The summed E-state index contributed by atoms with van der Waals surface area (Å²) in [4.78, 5) is 29.4. The predicted octanol–water partition coefficient (Wildman–Crippen LogP) is 3.48. The Labute approximate surface area is 168 Å². The first-order valence-corrected chi connectivity index (χ1v) is 9.50. The van der Waals surface area contributed by atoms with Crippen LogP contribution < -0.4 is 10.1 Å². The molecule has 7 nitrogen and oxygen atoms in total. The number of benzene rings is 1. The van der Waals surface area contributed by atoms with Gasteiger partial charge in [-0.2, -0.15) is 0 Å². The fourth-order valence-electron chi connectivity index (χ4n) is 3.53. The van der Waals surface area contributed by atoms with Crippen LogP contribution in [0, 0.1) is 11.7 Å². The SMILES string of the molecule is COc1ccc([C@H](CC2CCN(C(=O)O)CC2)NC(=O)c2ccc(F)cc2)cn1. The minimum absolute atomic E-state index is 0.270. The monoisotopic (exact) mass is 401 g/mol. The zero-order chi connectivity index (χ0) is 20.8. The molecule has 2 heterocycles. The van der Waals surface area contributed by atoms with Crippen LogP contribution in [0.25, 0.3) is 0 Å². The lowest BCUT2D eigenvalue weighted by atomic mass is 9.88. The second-order valence-corrected chi connectivity index (χ2v) is 7.12. The van der Waals surface area contributed by atoms with Gasteiger partial charge >= 0.3 is 6.09 Å². The standard InChI is InChI=1S/C21H24FN3O4/c1-29-19-7-4-16(13-23-19)18(12-14-8-10-25(11-9-14)21(27)28)24-20(26)15-2-5-17(22)6-3-15/h2-7,13-14,18H,8-12H2,1H3,(H,24,26)(H,27,28)/t18-/m0/s1. The number of hydrogen-bond acceptors (Lipinski definition) is 4. The lowest BCUT2D eigenvalue weighted by Crippen LogP contribution is -2.39. The molecule has 0 unspecified atom stereocenters. The van der Waals surface area contributed by atoms with Crippen molar-refractivity contribution in [3.8, 4) is 5.88 Å². The van der Waals surface area contributed by atoms with Gasteiger partial charge in [-0.15, -0.1) is 0 Å². The molecule has 1 fully saturated rings. The highest BCUT2D eigenvalue weighted by molar-refractivity contribution is 5.94. The van der Waals surface area contributed by atoms with E-state index < -0.39 is 11.9 Å². The molecule has 1 aromatic heterocycles. The van der Waals surface area contributed by atoms with Crippen LogP contribution in [0.4, 0.5) is 9.18 Å². The third kappa shape index (κ3) is 5.43. The second kappa shape index (κ2) is 9.36. The van der Waals surface area contributed by atoms with Crippen LogP contribution in [0.2, 0.25) is 0 Å². The maximum atomic E-state index is 13.1. The van der Waals surface area contributed by atoms with E-state index in [0.29, 0.717) is 31.0 Å². The summed E-state index contributed by atoms with van der Waals surface area (Å²) in [6, 6.07) is 8.68. The summed E-state index contributed by atoms with van der Waals surface area (Å²) in [5.74, 6) is 0.0507. The molecule has 2 N–H and O–H groups in total. The summed E-state index contributed by atoms with van der Waals surface area (Å²) < 4.78 is 18.2. The molecule has 0 radical (unpaired) electrons. The summed E-state index contributed by atoms with van der Waals surface area (Å²) >= 11 is 0. The Morgan fingerprint density at radius 3 is 2.48 bits per heavy atom. The van der Waals surface area contributed by atoms with E-state index in [1.807, 2.05) is 6.07 Å². The maximum absolute atomic E-state index is 13.1. The number of pyridine rings is 1. The Morgan fingerprint density at radius 2 is 1.93 bits per heavy atom. The van der Waals surface area contributed by atoms with Gasteiger partial charge in [0.1, 0.15) is 5.82 Å². The molecule has 0 saturated carbocycles. The molecular weight excluding hydrogens is 377 g/mol. The van der Waals surface area contributed by atoms with Crippen LogP contribution in [0.5, 0.6) is 5.88 Å². The molecule has 29 heavy (non-hydrogen) atoms. The van der Waals surface area contributed by atoms with E-state index in [9.17, 15) is 14.0 Å². The van der Waals surface area contributed by atoms with Gasteiger partial charge in [0.2, 0.25) is 5.88 Å². The zero-order valence-corrected chi connectivity index (χ0v) is 16.2. The number of amides is 2. The van der Waals surface area contributed by atoms with Gasteiger partial charge in [0.05, 0.1) is 13.2 Å². The van der Waals surface area contributed by atoms with E-state index in [4.69, 9.17) is 9.84 Å². The van der Waals surface area contributed by atoms with Gasteiger partial charge in [-0.3, -0.25) is 4.79 Å². The minimum atomic E-state index is -0.899. The van der Waals surface area contributed by atoms with Gasteiger partial charge in [0.15, 0.2) is 0 Å². The van der Waals surface area contributed by atoms with Gasteiger partial charge in [-0.05, 0) is 55.0 Å². The summed E-state index contributed by atoms with van der Waals surface area (Å²) in [6.45, 7) is 0.971. The number of carbonyl (C=O) groups is 2. The van der Waals surface area contributed by atoms with Crippen LogP contribution in [-0.2, 0) is 0 Å².